The summed E-state index contributed by atoms with van der Waals surface area (Å²) in [5.41, 5.74) is 0. The van der Waals surface area contributed by atoms with Crippen LogP contribution < -0.4 is 51.4 Å². The third-order valence-electron chi connectivity index (χ3n) is 1.25. The summed E-state index contributed by atoms with van der Waals surface area (Å²) in [6.07, 6.45) is 1.95. The third-order valence-corrected chi connectivity index (χ3v) is 2.65. The quantitative estimate of drug-likeness (QED) is 0.356. The monoisotopic (exact) mass is 226 g/mol. The van der Waals surface area contributed by atoms with Gasteiger partial charge in [0.2, 0.25) is 0 Å². The van der Waals surface area contributed by atoms with Gasteiger partial charge in [0, 0.05) is 9.79 Å². The molecule has 1 unspecified atom stereocenters. The first-order chi connectivity index (χ1) is 5.24. The van der Waals surface area contributed by atoms with Gasteiger partial charge in [-0.25, -0.2) is 0 Å². The van der Waals surface area contributed by atoms with E-state index in [9.17, 15) is 8.76 Å². The summed E-state index contributed by atoms with van der Waals surface area (Å²) in [4.78, 5) is 1.40. The minimum atomic E-state index is -2.10. The molecule has 0 bridgehead atoms. The minimum Gasteiger partial charge on any atom is -0.768 e. The second-order valence-corrected chi connectivity index (χ2v) is 3.73. The van der Waals surface area contributed by atoms with Crippen molar-refractivity contribution >= 4 is 22.8 Å². The molecule has 12 heavy (non-hydrogen) atoms. The molecular weight excluding hydrogens is 219 g/mol. The van der Waals surface area contributed by atoms with E-state index in [0.29, 0.717) is 4.90 Å². The van der Waals surface area contributed by atoms with Crippen LogP contribution in [0.1, 0.15) is 0 Å². The Morgan fingerprint density at radius 3 is 2.17 bits per heavy atom. The number of hydrogen-bond donors (Lipinski definition) is 0. The van der Waals surface area contributed by atoms with Gasteiger partial charge in [-0.2, -0.15) is 0 Å². The largest absolute Gasteiger partial charge is 1.00 e. The van der Waals surface area contributed by atoms with Gasteiger partial charge in [0.1, 0.15) is 0 Å². The maximum absolute atomic E-state index is 10.4. The predicted octanol–water partition coefficient (Wildman–Crippen LogP) is -1.35. The van der Waals surface area contributed by atoms with Gasteiger partial charge in [0.15, 0.2) is 0 Å². The Bertz CT molecular complexity index is 261. The molecule has 0 aromatic heterocycles. The molecule has 0 amide bonds. The molecule has 1 atom stereocenters. The zero-order valence-electron chi connectivity index (χ0n) is 6.94. The van der Waals surface area contributed by atoms with E-state index in [1.165, 1.54) is 0 Å². The fourth-order valence-electron chi connectivity index (χ4n) is 0.687. The number of benzene rings is 1. The van der Waals surface area contributed by atoms with Gasteiger partial charge in [-0.15, -0.1) is 11.8 Å². The fourth-order valence-corrected chi connectivity index (χ4v) is 1.45. The van der Waals surface area contributed by atoms with Gasteiger partial charge in [-0.05, 0) is 41.6 Å². The molecule has 0 saturated heterocycles. The van der Waals surface area contributed by atoms with Crippen LogP contribution in [-0.2, 0) is 11.1 Å². The minimum absolute atomic E-state index is 0. The van der Waals surface area contributed by atoms with E-state index < -0.39 is 11.1 Å². The molecule has 0 spiro atoms. The molecule has 1 aromatic carbocycles. The second kappa shape index (κ2) is 6.72. The summed E-state index contributed by atoms with van der Waals surface area (Å²) in [6.45, 7) is 0. The Morgan fingerprint density at radius 1 is 1.33 bits per heavy atom. The summed E-state index contributed by atoms with van der Waals surface area (Å²) in [5, 5.41) is 0. The van der Waals surface area contributed by atoms with E-state index in [2.05, 4.69) is 0 Å². The van der Waals surface area contributed by atoms with Crippen molar-refractivity contribution in [2.75, 3.05) is 6.26 Å². The van der Waals surface area contributed by atoms with Crippen molar-refractivity contribution < 1.29 is 60.1 Å². The van der Waals surface area contributed by atoms with Crippen LogP contribution in [0.15, 0.2) is 34.1 Å². The maximum atomic E-state index is 10.4. The molecule has 60 valence electrons. The van der Waals surface area contributed by atoms with E-state index in [1.54, 1.807) is 36.0 Å². The molecule has 1 aromatic rings. The standard InChI is InChI=1S/C7H8O2S2.K/c1-10-6-2-4-7(5-3-6)11(8)9;/h2-5H,1H3,(H,8,9);/q;+1/p-1. The van der Waals surface area contributed by atoms with Crippen LogP contribution in [0.5, 0.6) is 0 Å². The molecule has 0 fully saturated rings. The second-order valence-electron chi connectivity index (χ2n) is 1.91. The molecule has 0 saturated carbocycles. The first kappa shape index (κ1) is 13.3. The van der Waals surface area contributed by atoms with Crippen molar-refractivity contribution in [1.82, 2.24) is 0 Å². The molecule has 0 radical (unpaired) electrons. The van der Waals surface area contributed by atoms with Gasteiger partial charge < -0.3 is 4.55 Å². The van der Waals surface area contributed by atoms with Gasteiger partial charge >= 0.3 is 51.4 Å². The summed E-state index contributed by atoms with van der Waals surface area (Å²) in [5.74, 6) is 0. The number of thioether (sulfide) groups is 1. The van der Waals surface area contributed by atoms with Crippen molar-refractivity contribution in [3.8, 4) is 0 Å². The Balaban J connectivity index is 0.00000121. The SMILES string of the molecule is CSc1ccc(S(=O)[O-])cc1.[K+]. The Hall–Kier alpha value is 1.32. The van der Waals surface area contributed by atoms with Crippen LogP contribution in [0.4, 0.5) is 0 Å². The average molecular weight is 226 g/mol. The van der Waals surface area contributed by atoms with Crippen molar-refractivity contribution in [2.45, 2.75) is 9.79 Å². The van der Waals surface area contributed by atoms with Crippen molar-refractivity contribution in [1.29, 1.82) is 0 Å². The van der Waals surface area contributed by atoms with Crippen LogP contribution in [0.2, 0.25) is 0 Å². The Morgan fingerprint density at radius 2 is 1.83 bits per heavy atom. The molecular formula is C7H7KO2S2. The van der Waals surface area contributed by atoms with Gasteiger partial charge in [-0.3, -0.25) is 4.21 Å². The zero-order chi connectivity index (χ0) is 8.27. The van der Waals surface area contributed by atoms with Crippen LogP contribution in [0.25, 0.3) is 0 Å². The van der Waals surface area contributed by atoms with Crippen LogP contribution >= 0.6 is 11.8 Å². The van der Waals surface area contributed by atoms with Crippen molar-refractivity contribution in [3.63, 3.8) is 0 Å². The van der Waals surface area contributed by atoms with E-state index in [-0.39, 0.29) is 51.4 Å². The summed E-state index contributed by atoms with van der Waals surface area (Å²) in [6, 6.07) is 6.76. The normalized spacial score (nSPS) is 11.8. The van der Waals surface area contributed by atoms with E-state index >= 15 is 0 Å². The van der Waals surface area contributed by atoms with E-state index in [0.717, 1.165) is 4.90 Å². The molecule has 0 N–H and O–H groups in total. The molecule has 5 heteroatoms. The molecule has 0 aliphatic carbocycles. The molecule has 1 rings (SSSR count). The zero-order valence-corrected chi connectivity index (χ0v) is 11.7. The smallest absolute Gasteiger partial charge is 0.768 e. The van der Waals surface area contributed by atoms with E-state index in [4.69, 9.17) is 0 Å². The molecule has 2 nitrogen and oxygen atoms in total. The maximum Gasteiger partial charge on any atom is 1.00 e. The van der Waals surface area contributed by atoms with E-state index in [1.807, 2.05) is 6.26 Å². The first-order valence-electron chi connectivity index (χ1n) is 2.97. The van der Waals surface area contributed by atoms with Crippen molar-refractivity contribution in [3.05, 3.63) is 24.3 Å². The fraction of sp³-hybridized carbons (Fsp3) is 0.143. The third kappa shape index (κ3) is 4.02. The van der Waals surface area contributed by atoms with Crippen LogP contribution in [0.3, 0.4) is 0 Å². The van der Waals surface area contributed by atoms with Crippen molar-refractivity contribution in [2.24, 2.45) is 0 Å². The average Bonchev–Trinajstić information content (AvgIpc) is 2.05. The number of hydrogen-bond acceptors (Lipinski definition) is 3. The summed E-state index contributed by atoms with van der Waals surface area (Å²) in [7, 11) is 0. The van der Waals surface area contributed by atoms with Gasteiger partial charge in [0.05, 0.1) is 0 Å². The molecule has 0 aliphatic rings. The Labute approximate surface area is 121 Å². The molecule has 0 aliphatic heterocycles. The predicted molar refractivity (Wildman–Crippen MR) is 45.4 cm³/mol. The van der Waals surface area contributed by atoms with Gasteiger partial charge in [0.25, 0.3) is 0 Å². The summed E-state index contributed by atoms with van der Waals surface area (Å²) >= 11 is -0.510. The molecule has 0 heterocycles. The van der Waals surface area contributed by atoms with Gasteiger partial charge in [-0.1, -0.05) is 0 Å². The van der Waals surface area contributed by atoms with Crippen LogP contribution in [0, 0.1) is 0 Å². The summed E-state index contributed by atoms with van der Waals surface area (Å²) < 4.78 is 20.8. The van der Waals surface area contributed by atoms with Crippen LogP contribution in [-0.4, -0.2) is 15.0 Å². The Kier molecular flexibility index (Phi) is 7.46. The topological polar surface area (TPSA) is 40.1 Å². The first-order valence-corrected chi connectivity index (χ1v) is 5.27. The number of rotatable bonds is 2.